The molecule has 2 N–H and O–H groups in total. The van der Waals surface area contributed by atoms with Crippen molar-refractivity contribution in [3.05, 3.63) is 21.9 Å². The SMILES string of the molecule is CCc1ccc(CNC(=NC)NCC2CCN(C)CC2)s1. The Morgan fingerprint density at radius 1 is 1.29 bits per heavy atom. The molecular weight excluding hydrogens is 280 g/mol. The van der Waals surface area contributed by atoms with Crippen molar-refractivity contribution in [3.8, 4) is 0 Å². The van der Waals surface area contributed by atoms with E-state index in [0.717, 1.165) is 31.4 Å². The zero-order valence-corrected chi connectivity index (χ0v) is 14.3. The standard InChI is InChI=1S/C16H28N4S/c1-4-14-5-6-15(21-14)12-19-16(17-2)18-11-13-7-9-20(3)10-8-13/h5-6,13H,4,7-12H2,1-3H3,(H2,17,18,19). The number of nitrogens with one attached hydrogen (secondary N) is 2. The maximum absolute atomic E-state index is 4.32. The molecule has 0 atom stereocenters. The molecule has 0 radical (unpaired) electrons. The van der Waals surface area contributed by atoms with Gasteiger partial charge >= 0.3 is 0 Å². The van der Waals surface area contributed by atoms with Crippen molar-refractivity contribution in [2.75, 3.05) is 33.7 Å². The molecule has 1 aromatic rings. The Kier molecular flexibility index (Phi) is 6.51. The summed E-state index contributed by atoms with van der Waals surface area (Å²) in [6.45, 7) is 6.52. The van der Waals surface area contributed by atoms with Crippen LogP contribution >= 0.6 is 11.3 Å². The summed E-state index contributed by atoms with van der Waals surface area (Å²) < 4.78 is 0. The number of hydrogen-bond donors (Lipinski definition) is 2. The third kappa shape index (κ3) is 5.32. The smallest absolute Gasteiger partial charge is 0.191 e. The summed E-state index contributed by atoms with van der Waals surface area (Å²) in [5.41, 5.74) is 0. The van der Waals surface area contributed by atoms with Crippen molar-refractivity contribution in [1.82, 2.24) is 15.5 Å². The van der Waals surface area contributed by atoms with E-state index in [1.165, 1.54) is 35.7 Å². The maximum atomic E-state index is 4.32. The number of guanidine groups is 1. The lowest BCUT2D eigenvalue weighted by atomic mass is 9.97. The Labute approximate surface area is 132 Å². The number of likely N-dealkylation sites (tertiary alicyclic amines) is 1. The summed E-state index contributed by atoms with van der Waals surface area (Å²) in [4.78, 5) is 9.54. The van der Waals surface area contributed by atoms with Crippen LogP contribution in [0.25, 0.3) is 0 Å². The average Bonchev–Trinajstić information content (AvgIpc) is 2.97. The van der Waals surface area contributed by atoms with Crippen LogP contribution in [0.5, 0.6) is 0 Å². The van der Waals surface area contributed by atoms with E-state index in [0.29, 0.717) is 0 Å². The van der Waals surface area contributed by atoms with E-state index in [9.17, 15) is 0 Å². The minimum atomic E-state index is 0.771. The topological polar surface area (TPSA) is 39.7 Å². The van der Waals surface area contributed by atoms with Gasteiger partial charge in [-0.3, -0.25) is 4.99 Å². The van der Waals surface area contributed by atoms with E-state index in [1.54, 1.807) is 0 Å². The van der Waals surface area contributed by atoms with Crippen molar-refractivity contribution in [3.63, 3.8) is 0 Å². The molecule has 5 heteroatoms. The van der Waals surface area contributed by atoms with E-state index in [2.05, 4.69) is 46.6 Å². The largest absolute Gasteiger partial charge is 0.356 e. The van der Waals surface area contributed by atoms with E-state index < -0.39 is 0 Å². The second-order valence-corrected chi connectivity index (χ2v) is 7.03. The highest BCUT2D eigenvalue weighted by atomic mass is 32.1. The number of nitrogens with zero attached hydrogens (tertiary/aromatic N) is 2. The summed E-state index contributed by atoms with van der Waals surface area (Å²) in [5.74, 6) is 1.69. The van der Waals surface area contributed by atoms with Gasteiger partial charge in [-0.2, -0.15) is 0 Å². The second kappa shape index (κ2) is 8.39. The van der Waals surface area contributed by atoms with Crippen molar-refractivity contribution < 1.29 is 0 Å². The molecule has 2 heterocycles. The van der Waals surface area contributed by atoms with Crippen LogP contribution in [0.1, 0.15) is 29.5 Å². The Morgan fingerprint density at radius 2 is 2.00 bits per heavy atom. The van der Waals surface area contributed by atoms with Crippen molar-refractivity contribution in [1.29, 1.82) is 0 Å². The van der Waals surface area contributed by atoms with Gasteiger partial charge in [0.05, 0.1) is 6.54 Å². The van der Waals surface area contributed by atoms with Gasteiger partial charge in [0.1, 0.15) is 0 Å². The van der Waals surface area contributed by atoms with Crippen LogP contribution in [-0.4, -0.2) is 44.6 Å². The zero-order valence-electron chi connectivity index (χ0n) is 13.5. The van der Waals surface area contributed by atoms with Crippen LogP contribution in [0.15, 0.2) is 17.1 Å². The first-order valence-corrected chi connectivity index (χ1v) is 8.73. The van der Waals surface area contributed by atoms with Gasteiger partial charge in [0, 0.05) is 23.3 Å². The van der Waals surface area contributed by atoms with Crippen molar-refractivity contribution >= 4 is 17.3 Å². The molecule has 0 amide bonds. The van der Waals surface area contributed by atoms with Crippen LogP contribution in [0.4, 0.5) is 0 Å². The molecule has 1 aliphatic rings. The van der Waals surface area contributed by atoms with E-state index in [1.807, 2.05) is 18.4 Å². The molecule has 21 heavy (non-hydrogen) atoms. The van der Waals surface area contributed by atoms with Gasteiger partial charge in [-0.1, -0.05) is 6.92 Å². The predicted octanol–water partition coefficient (Wildman–Crippen LogP) is 2.32. The van der Waals surface area contributed by atoms with E-state index in [4.69, 9.17) is 0 Å². The molecule has 0 spiro atoms. The molecule has 1 saturated heterocycles. The lowest BCUT2D eigenvalue weighted by molar-refractivity contribution is 0.220. The van der Waals surface area contributed by atoms with Gasteiger partial charge in [-0.25, -0.2) is 0 Å². The molecule has 2 rings (SSSR count). The Bertz CT molecular complexity index is 447. The lowest BCUT2D eigenvalue weighted by Crippen LogP contribution is -2.41. The highest BCUT2D eigenvalue weighted by molar-refractivity contribution is 7.11. The van der Waals surface area contributed by atoms with Crippen LogP contribution in [0, 0.1) is 5.92 Å². The quantitative estimate of drug-likeness (QED) is 0.648. The molecule has 1 aliphatic heterocycles. The molecule has 1 aromatic heterocycles. The van der Waals surface area contributed by atoms with Crippen LogP contribution in [0.3, 0.4) is 0 Å². The zero-order chi connectivity index (χ0) is 15.1. The Hall–Kier alpha value is -1.07. The number of rotatable bonds is 5. The van der Waals surface area contributed by atoms with Gasteiger partial charge in [0.15, 0.2) is 5.96 Å². The van der Waals surface area contributed by atoms with Crippen LogP contribution in [-0.2, 0) is 13.0 Å². The van der Waals surface area contributed by atoms with Gasteiger partial charge in [0.25, 0.3) is 0 Å². The maximum Gasteiger partial charge on any atom is 0.191 e. The highest BCUT2D eigenvalue weighted by Crippen LogP contribution is 2.16. The van der Waals surface area contributed by atoms with E-state index >= 15 is 0 Å². The molecule has 1 fully saturated rings. The number of hydrogen-bond acceptors (Lipinski definition) is 3. The Morgan fingerprint density at radius 3 is 2.62 bits per heavy atom. The molecule has 4 nitrogen and oxygen atoms in total. The predicted molar refractivity (Wildman–Crippen MR) is 92.1 cm³/mol. The third-order valence-electron chi connectivity index (χ3n) is 4.12. The first kappa shape index (κ1) is 16.3. The second-order valence-electron chi connectivity index (χ2n) is 5.77. The van der Waals surface area contributed by atoms with Gasteiger partial charge in [0.2, 0.25) is 0 Å². The molecule has 0 aromatic carbocycles. The van der Waals surface area contributed by atoms with Crippen LogP contribution < -0.4 is 10.6 Å². The third-order valence-corrected chi connectivity index (χ3v) is 5.35. The monoisotopic (exact) mass is 308 g/mol. The van der Waals surface area contributed by atoms with Crippen molar-refractivity contribution in [2.24, 2.45) is 10.9 Å². The van der Waals surface area contributed by atoms with Gasteiger partial charge in [-0.05, 0) is 57.5 Å². The molecule has 0 bridgehead atoms. The molecule has 0 aliphatic carbocycles. The summed E-state index contributed by atoms with van der Waals surface area (Å²) in [6, 6.07) is 4.43. The fourth-order valence-corrected chi connectivity index (χ4v) is 3.50. The lowest BCUT2D eigenvalue weighted by Gasteiger charge is -2.29. The molecular formula is C16H28N4S. The minimum Gasteiger partial charge on any atom is -0.356 e. The summed E-state index contributed by atoms with van der Waals surface area (Å²) in [5, 5.41) is 6.88. The molecule has 0 saturated carbocycles. The Balaban J connectivity index is 1.70. The fourth-order valence-electron chi connectivity index (χ4n) is 2.61. The number of aliphatic imine (C=N–C) groups is 1. The van der Waals surface area contributed by atoms with E-state index in [-0.39, 0.29) is 0 Å². The summed E-state index contributed by atoms with van der Waals surface area (Å²) in [6.07, 6.45) is 3.68. The van der Waals surface area contributed by atoms with Crippen LogP contribution in [0.2, 0.25) is 0 Å². The first-order valence-electron chi connectivity index (χ1n) is 7.92. The first-order chi connectivity index (χ1) is 10.2. The minimum absolute atomic E-state index is 0.771. The normalized spacial score (nSPS) is 18.0. The summed E-state index contributed by atoms with van der Waals surface area (Å²) >= 11 is 1.88. The molecule has 118 valence electrons. The van der Waals surface area contributed by atoms with Gasteiger partial charge < -0.3 is 15.5 Å². The number of thiophene rings is 1. The van der Waals surface area contributed by atoms with Crippen molar-refractivity contribution in [2.45, 2.75) is 32.7 Å². The highest BCUT2D eigenvalue weighted by Gasteiger charge is 2.16. The fraction of sp³-hybridized carbons (Fsp3) is 0.688. The van der Waals surface area contributed by atoms with Gasteiger partial charge in [-0.15, -0.1) is 11.3 Å². The summed E-state index contributed by atoms with van der Waals surface area (Å²) in [7, 11) is 4.05. The number of piperidine rings is 1. The molecule has 0 unspecified atom stereocenters. The number of aryl methyl sites for hydroxylation is 1. The average molecular weight is 308 g/mol.